The maximum Gasteiger partial charge on any atom is 0.184 e. The second-order valence-electron chi connectivity index (χ2n) is 5.61. The fraction of sp³-hybridized carbons (Fsp3) is 1.00. The van der Waals surface area contributed by atoms with E-state index in [4.69, 9.17) is 4.74 Å². The molecule has 3 fully saturated rings. The molecule has 1 N–H and O–H groups in total. The number of hydrogen-bond acceptors (Lipinski definition) is 2. The molecule has 4 heteroatoms. The first-order valence-corrected chi connectivity index (χ1v) is 7.99. The summed E-state index contributed by atoms with van der Waals surface area (Å²) in [6.07, 6.45) is 5.86. The number of hydrogen-bond donors (Lipinski definition) is 1. The van der Waals surface area contributed by atoms with Crippen molar-refractivity contribution in [2.45, 2.75) is 43.9 Å². The molecule has 92 valence electrons. The van der Waals surface area contributed by atoms with Gasteiger partial charge >= 0.3 is 0 Å². The lowest BCUT2D eigenvalue weighted by molar-refractivity contribution is -0.956. The molecular weight excluding hydrogens is 317 g/mol. The number of halogens is 1. The lowest BCUT2D eigenvalue weighted by atomic mass is 9.83. The number of aliphatic hydroxyl groups excluding tert-OH is 1. The average Bonchev–Trinajstić information content (AvgIpc) is 2.82. The standard InChI is InChI=1S/C12H21INO2/c13-7-10-6-9-2-1-3-11-12(9)14(10,4-5-15)8-16-11/h9-12,15H,1-8H2/q+1/t9-,10-,11-,12+,14+/m1/s1. The van der Waals surface area contributed by atoms with Crippen LogP contribution < -0.4 is 0 Å². The third-order valence-electron chi connectivity index (χ3n) is 5.05. The predicted octanol–water partition coefficient (Wildman–Crippen LogP) is 1.53. The molecule has 2 heterocycles. The molecule has 1 saturated carbocycles. The van der Waals surface area contributed by atoms with Crippen molar-refractivity contribution in [2.75, 3.05) is 24.3 Å². The molecule has 0 bridgehead atoms. The predicted molar refractivity (Wildman–Crippen MR) is 70.4 cm³/mol. The van der Waals surface area contributed by atoms with E-state index in [0.29, 0.717) is 18.8 Å². The molecule has 2 aliphatic heterocycles. The van der Waals surface area contributed by atoms with E-state index in [1.165, 1.54) is 30.1 Å². The van der Waals surface area contributed by atoms with Crippen LogP contribution in [-0.2, 0) is 4.74 Å². The van der Waals surface area contributed by atoms with Gasteiger partial charge in [0.25, 0.3) is 0 Å². The molecule has 0 aromatic carbocycles. The highest BCUT2D eigenvalue weighted by atomic mass is 127. The number of ether oxygens (including phenoxy) is 1. The van der Waals surface area contributed by atoms with Crippen molar-refractivity contribution in [3.05, 3.63) is 0 Å². The van der Waals surface area contributed by atoms with Gasteiger partial charge in [-0.1, -0.05) is 29.0 Å². The average molecular weight is 338 g/mol. The first-order valence-electron chi connectivity index (χ1n) is 6.46. The molecule has 0 spiro atoms. The lowest BCUT2D eigenvalue weighted by Crippen LogP contribution is -2.58. The van der Waals surface area contributed by atoms with Crippen LogP contribution in [0.25, 0.3) is 0 Å². The van der Waals surface area contributed by atoms with Crippen LogP contribution in [0.3, 0.4) is 0 Å². The van der Waals surface area contributed by atoms with Crippen LogP contribution in [0.15, 0.2) is 0 Å². The largest absolute Gasteiger partial charge is 0.391 e. The number of rotatable bonds is 3. The van der Waals surface area contributed by atoms with Crippen LogP contribution in [0.5, 0.6) is 0 Å². The highest BCUT2D eigenvalue weighted by Gasteiger charge is 2.62. The number of nitrogens with zero attached hydrogens (tertiary/aromatic N) is 1. The second-order valence-corrected chi connectivity index (χ2v) is 6.49. The topological polar surface area (TPSA) is 29.5 Å². The molecule has 0 aromatic rings. The van der Waals surface area contributed by atoms with Crippen molar-refractivity contribution in [2.24, 2.45) is 5.92 Å². The molecule has 5 atom stereocenters. The summed E-state index contributed by atoms with van der Waals surface area (Å²) in [5.74, 6) is 0.868. The van der Waals surface area contributed by atoms with Gasteiger partial charge in [-0.2, -0.15) is 0 Å². The van der Waals surface area contributed by atoms with Crippen LogP contribution in [0.2, 0.25) is 0 Å². The summed E-state index contributed by atoms with van der Waals surface area (Å²) in [6.45, 7) is 2.08. The van der Waals surface area contributed by atoms with E-state index in [-0.39, 0.29) is 0 Å². The number of aliphatic hydroxyl groups is 1. The van der Waals surface area contributed by atoms with Gasteiger partial charge in [0.15, 0.2) is 6.73 Å². The SMILES string of the molecule is OCC[N@+]12CO[C@@H]3CCC[C@H](C[C@@H]1CI)[C@@H]32. The van der Waals surface area contributed by atoms with E-state index >= 15 is 0 Å². The van der Waals surface area contributed by atoms with Crippen LogP contribution in [-0.4, -0.2) is 52.1 Å². The van der Waals surface area contributed by atoms with Crippen molar-refractivity contribution >= 4 is 22.6 Å². The Morgan fingerprint density at radius 2 is 2.25 bits per heavy atom. The molecule has 1 aliphatic carbocycles. The Morgan fingerprint density at radius 1 is 1.38 bits per heavy atom. The summed E-state index contributed by atoms with van der Waals surface area (Å²) in [7, 11) is 0. The Labute approximate surface area is 111 Å². The van der Waals surface area contributed by atoms with Crippen molar-refractivity contribution in [3.8, 4) is 0 Å². The highest BCUT2D eigenvalue weighted by molar-refractivity contribution is 14.1. The highest BCUT2D eigenvalue weighted by Crippen LogP contribution is 2.49. The molecule has 0 radical (unpaired) electrons. The van der Waals surface area contributed by atoms with Gasteiger partial charge in [0.2, 0.25) is 0 Å². The van der Waals surface area contributed by atoms with E-state index in [9.17, 15) is 5.11 Å². The molecular formula is C12H21INO2+. The third kappa shape index (κ3) is 1.49. The van der Waals surface area contributed by atoms with E-state index in [0.717, 1.165) is 29.7 Å². The Hall–Kier alpha value is 0.610. The molecule has 3 rings (SSSR count). The molecule has 3 nitrogen and oxygen atoms in total. The summed E-state index contributed by atoms with van der Waals surface area (Å²) >= 11 is 2.52. The van der Waals surface area contributed by atoms with Crippen molar-refractivity contribution in [1.29, 1.82) is 0 Å². The van der Waals surface area contributed by atoms with Gasteiger partial charge in [0.05, 0.1) is 11.0 Å². The van der Waals surface area contributed by atoms with E-state index < -0.39 is 0 Å². The van der Waals surface area contributed by atoms with Crippen LogP contribution in [0.1, 0.15) is 25.7 Å². The molecule has 0 unspecified atom stereocenters. The van der Waals surface area contributed by atoms with E-state index in [1.807, 2.05) is 0 Å². The third-order valence-corrected chi connectivity index (χ3v) is 6.06. The Balaban J connectivity index is 1.92. The minimum absolute atomic E-state index is 0.312. The normalized spacial score (nSPS) is 50.6. The van der Waals surface area contributed by atoms with Crippen molar-refractivity contribution in [3.63, 3.8) is 0 Å². The fourth-order valence-electron chi connectivity index (χ4n) is 4.43. The summed E-state index contributed by atoms with van der Waals surface area (Å²) in [6, 6.07) is 1.44. The van der Waals surface area contributed by atoms with Gasteiger partial charge in [-0.25, -0.2) is 0 Å². The van der Waals surface area contributed by atoms with Crippen LogP contribution in [0, 0.1) is 5.92 Å². The van der Waals surface area contributed by atoms with Gasteiger partial charge in [0, 0.05) is 12.3 Å². The van der Waals surface area contributed by atoms with Gasteiger partial charge in [-0.05, 0) is 12.8 Å². The summed E-state index contributed by atoms with van der Waals surface area (Å²) in [4.78, 5) is 0. The molecule has 0 amide bonds. The zero-order chi connectivity index (χ0) is 11.2. The summed E-state index contributed by atoms with van der Waals surface area (Å²) in [5.41, 5.74) is 0. The maximum atomic E-state index is 9.37. The Morgan fingerprint density at radius 3 is 3.00 bits per heavy atom. The number of quaternary nitrogens is 1. The zero-order valence-corrected chi connectivity index (χ0v) is 11.8. The second kappa shape index (κ2) is 4.37. The van der Waals surface area contributed by atoms with Gasteiger partial charge in [0.1, 0.15) is 24.7 Å². The van der Waals surface area contributed by atoms with Gasteiger partial charge < -0.3 is 9.84 Å². The minimum Gasteiger partial charge on any atom is -0.391 e. The molecule has 2 saturated heterocycles. The molecule has 0 aromatic heterocycles. The van der Waals surface area contributed by atoms with E-state index in [2.05, 4.69) is 22.6 Å². The van der Waals surface area contributed by atoms with Gasteiger partial charge in [-0.15, -0.1) is 0 Å². The summed E-state index contributed by atoms with van der Waals surface area (Å²) in [5, 5.41) is 9.37. The smallest absolute Gasteiger partial charge is 0.184 e. The van der Waals surface area contributed by atoms with E-state index in [1.54, 1.807) is 0 Å². The maximum absolute atomic E-state index is 9.37. The fourth-order valence-corrected chi connectivity index (χ4v) is 5.57. The first kappa shape index (κ1) is 11.7. The Bertz CT molecular complexity index is 276. The first-order chi connectivity index (χ1) is 7.81. The quantitative estimate of drug-likeness (QED) is 0.480. The van der Waals surface area contributed by atoms with Crippen LogP contribution in [0.4, 0.5) is 0 Å². The van der Waals surface area contributed by atoms with Crippen molar-refractivity contribution in [1.82, 2.24) is 0 Å². The molecule has 16 heavy (non-hydrogen) atoms. The monoisotopic (exact) mass is 338 g/mol. The Kier molecular flexibility index (Phi) is 3.19. The zero-order valence-electron chi connectivity index (χ0n) is 9.65. The lowest BCUT2D eigenvalue weighted by Gasteiger charge is -2.40. The van der Waals surface area contributed by atoms with Crippen LogP contribution >= 0.6 is 22.6 Å². The molecule has 3 aliphatic rings. The van der Waals surface area contributed by atoms with Gasteiger partial charge in [-0.3, -0.25) is 4.48 Å². The minimum atomic E-state index is 0.312. The summed E-state index contributed by atoms with van der Waals surface area (Å²) < 4.78 is 8.32. The van der Waals surface area contributed by atoms with Crippen molar-refractivity contribution < 1.29 is 14.3 Å². The number of alkyl halides is 1.